The topological polar surface area (TPSA) is 29.5 Å². The van der Waals surface area contributed by atoms with Gasteiger partial charge in [-0.1, -0.05) is 6.92 Å². The largest absolute Gasteiger partial charge is 0.383 e. The summed E-state index contributed by atoms with van der Waals surface area (Å²) in [5.74, 6) is 0.673. The standard InChI is InChI=1S/C8H15NO2/c1-6-4-8(10)9(2)7(6)5-11-3/h6-7H,4-5H2,1-3H3. The first-order valence-corrected chi connectivity index (χ1v) is 3.91. The molecule has 2 atom stereocenters. The van der Waals surface area contributed by atoms with E-state index in [0.717, 1.165) is 0 Å². The number of likely N-dealkylation sites (N-methyl/N-ethyl adjacent to an activating group) is 1. The molecule has 1 heterocycles. The molecule has 1 saturated heterocycles. The molecule has 1 rings (SSSR count). The van der Waals surface area contributed by atoms with E-state index in [4.69, 9.17) is 4.74 Å². The second-order valence-electron chi connectivity index (χ2n) is 3.21. The van der Waals surface area contributed by atoms with Crippen LogP contribution in [-0.4, -0.2) is 37.6 Å². The first-order chi connectivity index (χ1) is 5.16. The molecule has 11 heavy (non-hydrogen) atoms. The van der Waals surface area contributed by atoms with Crippen LogP contribution in [0.2, 0.25) is 0 Å². The van der Waals surface area contributed by atoms with Crippen LogP contribution >= 0.6 is 0 Å². The van der Waals surface area contributed by atoms with E-state index in [0.29, 0.717) is 18.9 Å². The molecule has 64 valence electrons. The number of amides is 1. The molecule has 0 aromatic heterocycles. The zero-order chi connectivity index (χ0) is 8.43. The monoisotopic (exact) mass is 157 g/mol. The number of likely N-dealkylation sites (tertiary alicyclic amines) is 1. The van der Waals surface area contributed by atoms with Gasteiger partial charge < -0.3 is 9.64 Å². The third-order valence-electron chi connectivity index (χ3n) is 2.38. The van der Waals surface area contributed by atoms with Crippen LogP contribution in [-0.2, 0) is 9.53 Å². The average Bonchev–Trinajstić information content (AvgIpc) is 2.17. The molecule has 0 aliphatic carbocycles. The van der Waals surface area contributed by atoms with Gasteiger partial charge in [0.05, 0.1) is 12.6 Å². The predicted octanol–water partition coefficient (Wildman–Crippen LogP) is 0.500. The lowest BCUT2D eigenvalue weighted by Gasteiger charge is -2.21. The Morgan fingerprint density at radius 3 is 2.73 bits per heavy atom. The fourth-order valence-electron chi connectivity index (χ4n) is 1.57. The van der Waals surface area contributed by atoms with Crippen molar-refractivity contribution in [2.75, 3.05) is 20.8 Å². The number of methoxy groups -OCH3 is 1. The number of rotatable bonds is 2. The summed E-state index contributed by atoms with van der Waals surface area (Å²) in [6, 6.07) is 0.285. The van der Waals surface area contributed by atoms with Crippen LogP contribution in [0.3, 0.4) is 0 Å². The average molecular weight is 157 g/mol. The zero-order valence-electron chi connectivity index (χ0n) is 7.33. The minimum Gasteiger partial charge on any atom is -0.383 e. The summed E-state index contributed by atoms with van der Waals surface area (Å²) >= 11 is 0. The van der Waals surface area contributed by atoms with E-state index in [1.807, 2.05) is 7.05 Å². The predicted molar refractivity (Wildman–Crippen MR) is 42.2 cm³/mol. The Bertz CT molecular complexity index is 158. The maximum atomic E-state index is 11.1. The third kappa shape index (κ3) is 1.53. The molecule has 0 N–H and O–H groups in total. The van der Waals surface area contributed by atoms with Crippen LogP contribution in [0, 0.1) is 5.92 Å². The Labute approximate surface area is 67.3 Å². The van der Waals surface area contributed by atoms with Gasteiger partial charge in [0.25, 0.3) is 0 Å². The molecule has 1 aliphatic rings. The summed E-state index contributed by atoms with van der Waals surface area (Å²) in [6.07, 6.45) is 0.671. The van der Waals surface area contributed by atoms with Crippen molar-refractivity contribution in [1.29, 1.82) is 0 Å². The quantitative estimate of drug-likeness (QED) is 0.584. The molecular formula is C8H15NO2. The van der Waals surface area contributed by atoms with Gasteiger partial charge in [-0.15, -0.1) is 0 Å². The molecular weight excluding hydrogens is 142 g/mol. The van der Waals surface area contributed by atoms with Crippen LogP contribution in [0.15, 0.2) is 0 Å². The van der Waals surface area contributed by atoms with Gasteiger partial charge in [0.15, 0.2) is 0 Å². The number of nitrogens with zero attached hydrogens (tertiary/aromatic N) is 1. The fourth-order valence-corrected chi connectivity index (χ4v) is 1.57. The fraction of sp³-hybridized carbons (Fsp3) is 0.875. The van der Waals surface area contributed by atoms with Crippen molar-refractivity contribution in [2.24, 2.45) is 5.92 Å². The third-order valence-corrected chi connectivity index (χ3v) is 2.38. The lowest BCUT2D eigenvalue weighted by Crippen LogP contribution is -2.34. The van der Waals surface area contributed by atoms with Crippen LogP contribution in [0.5, 0.6) is 0 Å². The maximum absolute atomic E-state index is 11.1. The van der Waals surface area contributed by atoms with Gasteiger partial charge in [-0.05, 0) is 5.92 Å². The van der Waals surface area contributed by atoms with Gasteiger partial charge >= 0.3 is 0 Å². The van der Waals surface area contributed by atoms with E-state index >= 15 is 0 Å². The highest BCUT2D eigenvalue weighted by Gasteiger charge is 2.33. The molecule has 0 aromatic carbocycles. The summed E-state index contributed by atoms with van der Waals surface area (Å²) in [6.45, 7) is 2.74. The highest BCUT2D eigenvalue weighted by Crippen LogP contribution is 2.23. The van der Waals surface area contributed by atoms with Crippen molar-refractivity contribution >= 4 is 5.91 Å². The van der Waals surface area contributed by atoms with Gasteiger partial charge in [0.1, 0.15) is 0 Å². The Kier molecular flexibility index (Phi) is 2.49. The van der Waals surface area contributed by atoms with Crippen LogP contribution in [0.4, 0.5) is 0 Å². The van der Waals surface area contributed by atoms with Crippen LogP contribution in [0.1, 0.15) is 13.3 Å². The van der Waals surface area contributed by atoms with Crippen molar-refractivity contribution in [3.8, 4) is 0 Å². The first-order valence-electron chi connectivity index (χ1n) is 3.91. The number of ether oxygens (including phenoxy) is 1. The molecule has 0 radical (unpaired) electrons. The summed E-state index contributed by atoms with van der Waals surface area (Å²) in [5, 5.41) is 0. The molecule has 1 aliphatic heterocycles. The van der Waals surface area contributed by atoms with Crippen molar-refractivity contribution in [3.05, 3.63) is 0 Å². The number of hydrogen-bond acceptors (Lipinski definition) is 2. The lowest BCUT2D eigenvalue weighted by atomic mass is 10.0. The minimum absolute atomic E-state index is 0.236. The smallest absolute Gasteiger partial charge is 0.222 e. The lowest BCUT2D eigenvalue weighted by molar-refractivity contribution is -0.128. The van der Waals surface area contributed by atoms with E-state index in [9.17, 15) is 4.79 Å². The van der Waals surface area contributed by atoms with Crippen molar-refractivity contribution in [1.82, 2.24) is 4.90 Å². The van der Waals surface area contributed by atoms with Gasteiger partial charge in [0, 0.05) is 20.6 Å². The molecule has 3 nitrogen and oxygen atoms in total. The van der Waals surface area contributed by atoms with Crippen molar-refractivity contribution in [2.45, 2.75) is 19.4 Å². The van der Waals surface area contributed by atoms with Gasteiger partial charge in [-0.25, -0.2) is 0 Å². The molecule has 1 fully saturated rings. The molecule has 0 aromatic rings. The highest BCUT2D eigenvalue weighted by atomic mass is 16.5. The van der Waals surface area contributed by atoms with E-state index in [1.54, 1.807) is 12.0 Å². The van der Waals surface area contributed by atoms with Crippen LogP contribution < -0.4 is 0 Å². The summed E-state index contributed by atoms with van der Waals surface area (Å²) in [4.78, 5) is 12.9. The zero-order valence-corrected chi connectivity index (χ0v) is 7.33. The van der Waals surface area contributed by atoms with E-state index in [1.165, 1.54) is 0 Å². The Morgan fingerprint density at radius 2 is 2.36 bits per heavy atom. The molecule has 3 heteroatoms. The van der Waals surface area contributed by atoms with Crippen LogP contribution in [0.25, 0.3) is 0 Å². The minimum atomic E-state index is 0.236. The van der Waals surface area contributed by atoms with E-state index in [-0.39, 0.29) is 11.9 Å². The number of hydrogen-bond donors (Lipinski definition) is 0. The maximum Gasteiger partial charge on any atom is 0.222 e. The molecule has 2 unspecified atom stereocenters. The second-order valence-corrected chi connectivity index (χ2v) is 3.21. The Morgan fingerprint density at radius 1 is 1.73 bits per heavy atom. The highest BCUT2D eigenvalue weighted by molar-refractivity contribution is 5.78. The molecule has 1 amide bonds. The molecule has 0 bridgehead atoms. The van der Waals surface area contributed by atoms with Crippen molar-refractivity contribution in [3.63, 3.8) is 0 Å². The Balaban J connectivity index is 2.56. The van der Waals surface area contributed by atoms with Crippen molar-refractivity contribution < 1.29 is 9.53 Å². The van der Waals surface area contributed by atoms with Gasteiger partial charge in [-0.2, -0.15) is 0 Å². The summed E-state index contributed by atoms with van der Waals surface area (Å²) < 4.78 is 5.02. The molecule has 0 saturated carbocycles. The first kappa shape index (κ1) is 8.53. The van der Waals surface area contributed by atoms with Gasteiger partial charge in [-0.3, -0.25) is 4.79 Å². The normalized spacial score (nSPS) is 31.5. The number of carbonyl (C=O) groups is 1. The Hall–Kier alpha value is -0.570. The molecule has 0 spiro atoms. The van der Waals surface area contributed by atoms with E-state index in [2.05, 4.69) is 6.92 Å². The van der Waals surface area contributed by atoms with E-state index < -0.39 is 0 Å². The summed E-state index contributed by atoms with van der Waals surface area (Å²) in [5.41, 5.74) is 0. The number of carbonyl (C=O) groups excluding carboxylic acids is 1. The SMILES string of the molecule is COCC1C(C)CC(=O)N1C. The summed E-state index contributed by atoms with van der Waals surface area (Å²) in [7, 11) is 3.51. The van der Waals surface area contributed by atoms with Gasteiger partial charge in [0.2, 0.25) is 5.91 Å². The second kappa shape index (κ2) is 3.22.